The van der Waals surface area contributed by atoms with Crippen LogP contribution in [0.2, 0.25) is 0 Å². The summed E-state index contributed by atoms with van der Waals surface area (Å²) in [5.41, 5.74) is 5.02. The van der Waals surface area contributed by atoms with Crippen molar-refractivity contribution in [3.05, 3.63) is 58.9 Å². The van der Waals surface area contributed by atoms with Gasteiger partial charge in [-0.3, -0.25) is 4.98 Å². The normalized spacial score (nSPS) is 14.7. The number of rotatable bonds is 4. The van der Waals surface area contributed by atoms with Crippen LogP contribution in [0.5, 0.6) is 5.75 Å². The number of fused-ring (bicyclic) bond motifs is 1. The van der Waals surface area contributed by atoms with Gasteiger partial charge < -0.3 is 10.1 Å². The van der Waals surface area contributed by atoms with Crippen LogP contribution in [0.25, 0.3) is 0 Å². The lowest BCUT2D eigenvalue weighted by Gasteiger charge is -2.22. The maximum atomic E-state index is 5.86. The van der Waals surface area contributed by atoms with Crippen molar-refractivity contribution in [3.63, 3.8) is 0 Å². The van der Waals surface area contributed by atoms with Crippen molar-refractivity contribution in [2.24, 2.45) is 0 Å². The third-order valence-electron chi connectivity index (χ3n) is 3.84. The van der Waals surface area contributed by atoms with Gasteiger partial charge in [0.15, 0.2) is 0 Å². The Morgan fingerprint density at radius 3 is 3.00 bits per heavy atom. The minimum atomic E-state index is 0.163. The monoisotopic (exact) mass is 268 g/mol. The van der Waals surface area contributed by atoms with Crippen LogP contribution < -0.4 is 10.1 Å². The Morgan fingerprint density at radius 2 is 2.20 bits per heavy atom. The number of aromatic nitrogens is 1. The lowest BCUT2D eigenvalue weighted by Crippen LogP contribution is -2.23. The maximum Gasteiger partial charge on any atom is 0.127 e. The second-order valence-electron chi connectivity index (χ2n) is 5.16. The predicted octanol–water partition coefficient (Wildman–Crippen LogP) is 3.02. The highest BCUT2D eigenvalue weighted by atomic mass is 16.5. The zero-order valence-corrected chi connectivity index (χ0v) is 12.0. The van der Waals surface area contributed by atoms with Gasteiger partial charge in [-0.15, -0.1) is 0 Å². The standard InChI is InChI=1S/C17H20N2O/c1-3-19-16(14-7-9-18-11-12(14)2)15-6-4-5-13-8-10-20-17(13)15/h4-7,9,11,16,19H,3,8,10H2,1-2H3. The zero-order chi connectivity index (χ0) is 13.9. The summed E-state index contributed by atoms with van der Waals surface area (Å²) in [5, 5.41) is 3.58. The number of pyridine rings is 1. The van der Waals surface area contributed by atoms with E-state index in [-0.39, 0.29) is 6.04 Å². The first kappa shape index (κ1) is 13.1. The van der Waals surface area contributed by atoms with Gasteiger partial charge in [-0.2, -0.15) is 0 Å². The quantitative estimate of drug-likeness (QED) is 0.925. The fraction of sp³-hybridized carbons (Fsp3) is 0.353. The molecule has 1 aliphatic heterocycles. The molecule has 0 aliphatic carbocycles. The molecule has 1 atom stereocenters. The number of hydrogen-bond acceptors (Lipinski definition) is 3. The molecular formula is C17H20N2O. The number of para-hydroxylation sites is 1. The van der Waals surface area contributed by atoms with Crippen molar-refractivity contribution in [3.8, 4) is 5.75 Å². The molecule has 0 fully saturated rings. The Morgan fingerprint density at radius 1 is 1.30 bits per heavy atom. The summed E-state index contributed by atoms with van der Waals surface area (Å²) in [6.45, 7) is 5.95. The van der Waals surface area contributed by atoms with Gasteiger partial charge in [0.1, 0.15) is 5.75 Å². The average Bonchev–Trinajstić information content (AvgIpc) is 2.94. The highest BCUT2D eigenvalue weighted by Crippen LogP contribution is 2.36. The number of aryl methyl sites for hydroxylation is 1. The van der Waals surface area contributed by atoms with Crippen molar-refractivity contribution in [1.29, 1.82) is 0 Å². The molecular weight excluding hydrogens is 248 g/mol. The molecule has 1 aliphatic rings. The SMILES string of the molecule is CCNC(c1ccncc1C)c1cccc2c1OCC2. The molecule has 0 saturated carbocycles. The Balaban J connectivity index is 2.08. The fourth-order valence-corrected chi connectivity index (χ4v) is 2.87. The van der Waals surface area contributed by atoms with E-state index < -0.39 is 0 Å². The first-order valence-electron chi connectivity index (χ1n) is 7.19. The third-order valence-corrected chi connectivity index (χ3v) is 3.84. The molecule has 0 bridgehead atoms. The second kappa shape index (κ2) is 5.63. The Kier molecular flexibility index (Phi) is 3.70. The number of ether oxygens (including phenoxy) is 1. The molecule has 104 valence electrons. The molecule has 20 heavy (non-hydrogen) atoms. The van der Waals surface area contributed by atoms with Crippen molar-refractivity contribution >= 4 is 0 Å². The van der Waals surface area contributed by atoms with Gasteiger partial charge in [-0.25, -0.2) is 0 Å². The molecule has 1 aromatic carbocycles. The van der Waals surface area contributed by atoms with E-state index in [0.717, 1.165) is 25.3 Å². The molecule has 2 heterocycles. The molecule has 2 aromatic rings. The third kappa shape index (κ3) is 2.29. The van der Waals surface area contributed by atoms with E-state index in [1.54, 1.807) is 0 Å². The molecule has 0 saturated heterocycles. The first-order valence-corrected chi connectivity index (χ1v) is 7.19. The van der Waals surface area contributed by atoms with Crippen LogP contribution in [0, 0.1) is 6.92 Å². The average molecular weight is 268 g/mol. The largest absolute Gasteiger partial charge is 0.493 e. The summed E-state index contributed by atoms with van der Waals surface area (Å²) in [4.78, 5) is 4.19. The highest BCUT2D eigenvalue weighted by molar-refractivity contribution is 5.49. The van der Waals surface area contributed by atoms with Crippen LogP contribution in [-0.2, 0) is 6.42 Å². The predicted molar refractivity (Wildman–Crippen MR) is 80.1 cm³/mol. The number of benzene rings is 1. The summed E-state index contributed by atoms with van der Waals surface area (Å²) in [6, 6.07) is 8.71. The number of nitrogens with one attached hydrogen (secondary N) is 1. The first-order chi connectivity index (χ1) is 9.81. The topological polar surface area (TPSA) is 34.2 Å². The molecule has 3 heteroatoms. The molecule has 3 rings (SSSR count). The summed E-state index contributed by atoms with van der Waals surface area (Å²) >= 11 is 0. The van der Waals surface area contributed by atoms with E-state index in [4.69, 9.17) is 4.74 Å². The maximum absolute atomic E-state index is 5.86. The zero-order valence-electron chi connectivity index (χ0n) is 12.0. The summed E-state index contributed by atoms with van der Waals surface area (Å²) in [6.07, 6.45) is 4.79. The molecule has 0 spiro atoms. The van der Waals surface area contributed by atoms with E-state index in [1.807, 2.05) is 12.4 Å². The van der Waals surface area contributed by atoms with Crippen LogP contribution in [0.3, 0.4) is 0 Å². The van der Waals surface area contributed by atoms with Gasteiger partial charge in [-0.05, 0) is 36.2 Å². The van der Waals surface area contributed by atoms with E-state index in [9.17, 15) is 0 Å². The lowest BCUT2D eigenvalue weighted by molar-refractivity contribution is 0.350. The molecule has 1 unspecified atom stereocenters. The smallest absolute Gasteiger partial charge is 0.127 e. The van der Waals surface area contributed by atoms with Crippen LogP contribution in [0.1, 0.15) is 35.2 Å². The number of hydrogen-bond donors (Lipinski definition) is 1. The Hall–Kier alpha value is -1.87. The minimum Gasteiger partial charge on any atom is -0.493 e. The second-order valence-corrected chi connectivity index (χ2v) is 5.16. The van der Waals surface area contributed by atoms with Gasteiger partial charge in [0, 0.05) is 24.4 Å². The summed E-state index contributed by atoms with van der Waals surface area (Å²) in [7, 11) is 0. The Bertz CT molecular complexity index is 610. The van der Waals surface area contributed by atoms with Gasteiger partial charge in [0.2, 0.25) is 0 Å². The molecule has 1 N–H and O–H groups in total. The molecule has 1 aromatic heterocycles. The molecule has 0 radical (unpaired) electrons. The van der Waals surface area contributed by atoms with E-state index in [0.29, 0.717) is 0 Å². The van der Waals surface area contributed by atoms with E-state index in [1.165, 1.54) is 22.3 Å². The van der Waals surface area contributed by atoms with Crippen LogP contribution >= 0.6 is 0 Å². The Labute approximate surface area is 120 Å². The van der Waals surface area contributed by atoms with Crippen LogP contribution in [-0.4, -0.2) is 18.1 Å². The molecule has 3 nitrogen and oxygen atoms in total. The van der Waals surface area contributed by atoms with Crippen molar-refractivity contribution in [2.45, 2.75) is 26.3 Å². The van der Waals surface area contributed by atoms with Gasteiger partial charge in [0.25, 0.3) is 0 Å². The highest BCUT2D eigenvalue weighted by Gasteiger charge is 2.23. The molecule has 0 amide bonds. The van der Waals surface area contributed by atoms with Gasteiger partial charge >= 0.3 is 0 Å². The van der Waals surface area contributed by atoms with Gasteiger partial charge in [-0.1, -0.05) is 25.1 Å². The van der Waals surface area contributed by atoms with Gasteiger partial charge in [0.05, 0.1) is 12.6 Å². The van der Waals surface area contributed by atoms with E-state index >= 15 is 0 Å². The fourth-order valence-electron chi connectivity index (χ4n) is 2.87. The van der Waals surface area contributed by atoms with Crippen LogP contribution in [0.15, 0.2) is 36.7 Å². The van der Waals surface area contributed by atoms with Crippen molar-refractivity contribution in [2.75, 3.05) is 13.2 Å². The number of nitrogens with zero attached hydrogens (tertiary/aromatic N) is 1. The van der Waals surface area contributed by atoms with Crippen molar-refractivity contribution < 1.29 is 4.74 Å². The van der Waals surface area contributed by atoms with E-state index in [2.05, 4.69) is 48.4 Å². The minimum absolute atomic E-state index is 0.163. The van der Waals surface area contributed by atoms with Crippen molar-refractivity contribution in [1.82, 2.24) is 10.3 Å². The lowest BCUT2D eigenvalue weighted by atomic mass is 9.94. The summed E-state index contributed by atoms with van der Waals surface area (Å²) < 4.78 is 5.86. The summed E-state index contributed by atoms with van der Waals surface area (Å²) in [5.74, 6) is 1.06. The van der Waals surface area contributed by atoms with Crippen LogP contribution in [0.4, 0.5) is 0 Å².